The van der Waals surface area contributed by atoms with E-state index in [1.54, 1.807) is 6.07 Å². The minimum absolute atomic E-state index is 0.0138. The number of alkyl halides is 1. The van der Waals surface area contributed by atoms with Crippen molar-refractivity contribution in [3.05, 3.63) is 69.7 Å². The predicted molar refractivity (Wildman–Crippen MR) is 164 cm³/mol. The normalized spacial score (nSPS) is 11.4. The number of ether oxygens (including phenoxy) is 1. The van der Waals surface area contributed by atoms with Gasteiger partial charge in [-0.3, -0.25) is 4.79 Å². The molecule has 8 heteroatoms. The summed E-state index contributed by atoms with van der Waals surface area (Å²) in [7, 11) is 0. The molecule has 0 spiro atoms. The van der Waals surface area contributed by atoms with E-state index < -0.39 is 22.9 Å². The summed E-state index contributed by atoms with van der Waals surface area (Å²) in [5, 5.41) is 12.3. The second-order valence-corrected chi connectivity index (χ2v) is 11.2. The first kappa shape index (κ1) is 29.7. The summed E-state index contributed by atoms with van der Waals surface area (Å²) in [5.74, 6) is -2.20. The number of aromatic nitrogens is 1. The van der Waals surface area contributed by atoms with Crippen molar-refractivity contribution in [2.45, 2.75) is 84.3 Å². The van der Waals surface area contributed by atoms with E-state index in [4.69, 9.17) is 14.9 Å². The average Bonchev–Trinajstić information content (AvgIpc) is 3.21. The largest absolute Gasteiger partial charge is 0.501 e. The smallest absolute Gasteiger partial charge is 0.378 e. The Kier molecular flexibility index (Phi) is 10.7. The SMILES string of the molecule is Cc1c(N)c2c3oc(C(=O)OCc4ccccc4)c(O)c(=O)c3ccc2n1CCCCCCCCCCCCBr. The van der Waals surface area contributed by atoms with Gasteiger partial charge in [0.15, 0.2) is 5.58 Å². The summed E-state index contributed by atoms with van der Waals surface area (Å²) in [6.07, 6.45) is 12.5. The van der Waals surface area contributed by atoms with Gasteiger partial charge in [0.05, 0.1) is 22.0 Å². The molecule has 0 fully saturated rings. The van der Waals surface area contributed by atoms with Gasteiger partial charge in [-0.15, -0.1) is 0 Å². The van der Waals surface area contributed by atoms with Gasteiger partial charge in [0, 0.05) is 17.6 Å². The van der Waals surface area contributed by atoms with Crippen LogP contribution in [-0.4, -0.2) is 21.0 Å². The molecular weight excluding hydrogens is 572 g/mol. The lowest BCUT2D eigenvalue weighted by molar-refractivity contribution is 0.0431. The molecule has 0 radical (unpaired) electrons. The van der Waals surface area contributed by atoms with Crippen molar-refractivity contribution in [3.63, 3.8) is 0 Å². The molecule has 40 heavy (non-hydrogen) atoms. The Balaban J connectivity index is 1.46. The molecule has 0 unspecified atom stereocenters. The number of anilines is 1. The van der Waals surface area contributed by atoms with Crippen LogP contribution in [0.1, 0.15) is 86.0 Å². The molecule has 2 heterocycles. The Morgan fingerprint density at radius 1 is 0.950 bits per heavy atom. The van der Waals surface area contributed by atoms with Gasteiger partial charge in [0.25, 0.3) is 5.76 Å². The zero-order valence-corrected chi connectivity index (χ0v) is 24.8. The number of hydrogen-bond donors (Lipinski definition) is 2. The number of carbonyl (C=O) groups excluding carboxylic acids is 1. The first-order chi connectivity index (χ1) is 19.4. The van der Waals surface area contributed by atoms with Crippen LogP contribution in [0.5, 0.6) is 5.75 Å². The van der Waals surface area contributed by atoms with Gasteiger partial charge < -0.3 is 24.6 Å². The summed E-state index contributed by atoms with van der Waals surface area (Å²) in [6.45, 7) is 2.73. The highest BCUT2D eigenvalue weighted by Gasteiger charge is 2.25. The number of aryl methyl sites for hydroxylation is 1. The van der Waals surface area contributed by atoms with E-state index in [-0.39, 0.29) is 17.6 Å². The molecule has 0 amide bonds. The molecule has 2 aromatic carbocycles. The van der Waals surface area contributed by atoms with Gasteiger partial charge in [-0.05, 0) is 37.5 Å². The van der Waals surface area contributed by atoms with Crippen molar-refractivity contribution >= 4 is 49.5 Å². The van der Waals surface area contributed by atoms with Gasteiger partial charge in [0.2, 0.25) is 11.2 Å². The quantitative estimate of drug-likeness (QED) is 0.0802. The number of rotatable bonds is 15. The third-order valence-electron chi connectivity index (χ3n) is 7.53. The lowest BCUT2D eigenvalue weighted by Gasteiger charge is -2.10. The van der Waals surface area contributed by atoms with E-state index in [9.17, 15) is 14.7 Å². The second kappa shape index (κ2) is 14.4. The molecule has 0 bridgehead atoms. The number of benzene rings is 2. The fourth-order valence-electron chi connectivity index (χ4n) is 5.22. The van der Waals surface area contributed by atoms with Gasteiger partial charge in [0.1, 0.15) is 6.61 Å². The van der Waals surface area contributed by atoms with E-state index in [2.05, 4.69) is 20.5 Å². The highest BCUT2D eigenvalue weighted by atomic mass is 79.9. The first-order valence-electron chi connectivity index (χ1n) is 14.3. The maximum Gasteiger partial charge on any atom is 0.378 e. The van der Waals surface area contributed by atoms with Crippen LogP contribution in [0.25, 0.3) is 21.9 Å². The Hall–Kier alpha value is -3.26. The maximum absolute atomic E-state index is 13.0. The van der Waals surface area contributed by atoms with Crippen molar-refractivity contribution in [2.75, 3.05) is 11.1 Å². The Morgan fingerprint density at radius 2 is 1.57 bits per heavy atom. The summed E-state index contributed by atoms with van der Waals surface area (Å²) in [6, 6.07) is 12.6. The summed E-state index contributed by atoms with van der Waals surface area (Å²) < 4.78 is 13.3. The number of nitrogen functional groups attached to an aromatic ring is 1. The van der Waals surface area contributed by atoms with Gasteiger partial charge in [-0.1, -0.05) is 97.6 Å². The molecule has 7 nitrogen and oxygen atoms in total. The van der Waals surface area contributed by atoms with Crippen LogP contribution in [0.15, 0.2) is 51.7 Å². The summed E-state index contributed by atoms with van der Waals surface area (Å²) in [5.41, 5.74) is 9.01. The Morgan fingerprint density at radius 3 is 2.23 bits per heavy atom. The molecule has 0 saturated carbocycles. The average molecular weight is 612 g/mol. The number of aromatic hydroxyl groups is 1. The van der Waals surface area contributed by atoms with Crippen LogP contribution in [0.4, 0.5) is 5.69 Å². The minimum Gasteiger partial charge on any atom is -0.501 e. The zero-order valence-electron chi connectivity index (χ0n) is 23.2. The van der Waals surface area contributed by atoms with Crippen LogP contribution >= 0.6 is 15.9 Å². The fraction of sp³-hybridized carbons (Fsp3) is 0.438. The first-order valence-corrected chi connectivity index (χ1v) is 15.4. The number of nitrogens with two attached hydrogens (primary N) is 1. The molecular formula is C32H39BrN2O5. The number of unbranched alkanes of at least 4 members (excludes halogenated alkanes) is 9. The Labute approximate surface area is 243 Å². The number of esters is 1. The second-order valence-electron chi connectivity index (χ2n) is 10.4. The van der Waals surface area contributed by atoms with Crippen LogP contribution in [-0.2, 0) is 17.9 Å². The molecule has 214 valence electrons. The van der Waals surface area contributed by atoms with Crippen molar-refractivity contribution < 1.29 is 19.1 Å². The van der Waals surface area contributed by atoms with Gasteiger partial charge in [-0.2, -0.15) is 0 Å². The summed E-state index contributed by atoms with van der Waals surface area (Å²) >= 11 is 3.49. The van der Waals surface area contributed by atoms with Crippen LogP contribution in [0.3, 0.4) is 0 Å². The highest BCUT2D eigenvalue weighted by molar-refractivity contribution is 9.09. The van der Waals surface area contributed by atoms with E-state index in [0.717, 1.165) is 41.5 Å². The number of fused-ring (bicyclic) bond motifs is 3. The molecule has 4 rings (SSSR count). The molecule has 2 aromatic heterocycles. The third kappa shape index (κ3) is 6.89. The lowest BCUT2D eigenvalue weighted by Crippen LogP contribution is -2.11. The van der Waals surface area contributed by atoms with Crippen LogP contribution < -0.4 is 11.2 Å². The van der Waals surface area contributed by atoms with Gasteiger partial charge in [-0.25, -0.2) is 4.79 Å². The van der Waals surface area contributed by atoms with Gasteiger partial charge >= 0.3 is 5.97 Å². The van der Waals surface area contributed by atoms with Crippen molar-refractivity contribution in [3.8, 4) is 5.75 Å². The zero-order chi connectivity index (χ0) is 28.5. The molecule has 3 N–H and O–H groups in total. The van der Waals surface area contributed by atoms with Crippen molar-refractivity contribution in [1.82, 2.24) is 4.57 Å². The van der Waals surface area contributed by atoms with E-state index in [1.807, 2.05) is 43.3 Å². The molecule has 0 aliphatic heterocycles. The lowest BCUT2D eigenvalue weighted by atomic mass is 10.1. The number of carbonyl (C=O) groups is 1. The Bertz CT molecular complexity index is 1490. The molecule has 0 saturated heterocycles. The van der Waals surface area contributed by atoms with Crippen LogP contribution in [0.2, 0.25) is 0 Å². The maximum atomic E-state index is 13.0. The van der Waals surface area contributed by atoms with Crippen molar-refractivity contribution in [1.29, 1.82) is 0 Å². The highest BCUT2D eigenvalue weighted by Crippen LogP contribution is 2.35. The minimum atomic E-state index is -0.911. The predicted octanol–water partition coefficient (Wildman–Crippen LogP) is 8.00. The fourth-order valence-corrected chi connectivity index (χ4v) is 5.62. The third-order valence-corrected chi connectivity index (χ3v) is 8.09. The molecule has 4 aromatic rings. The van der Waals surface area contributed by atoms with E-state index in [0.29, 0.717) is 11.1 Å². The topological polar surface area (TPSA) is 108 Å². The van der Waals surface area contributed by atoms with E-state index in [1.165, 1.54) is 51.4 Å². The number of nitrogens with zero attached hydrogens (tertiary/aromatic N) is 1. The molecule has 0 aliphatic rings. The van der Waals surface area contributed by atoms with Crippen molar-refractivity contribution in [2.24, 2.45) is 0 Å². The number of halogens is 1. The summed E-state index contributed by atoms with van der Waals surface area (Å²) in [4.78, 5) is 25.8. The standard InChI is InChI=1S/C32H39BrN2O5/c1-22-27(34)26-25(35(22)20-14-9-7-5-3-2-4-6-8-13-19-33)18-17-24-28(36)29(37)31(40-30(24)26)32(38)39-21-23-15-11-10-12-16-23/h10-12,15-18,37H,2-9,13-14,19-21,34H2,1H3. The van der Waals surface area contributed by atoms with E-state index >= 15 is 0 Å². The number of hydrogen-bond acceptors (Lipinski definition) is 6. The van der Waals surface area contributed by atoms with Crippen LogP contribution in [0, 0.1) is 6.92 Å². The monoisotopic (exact) mass is 610 g/mol. The molecule has 0 aliphatic carbocycles. The molecule has 0 atom stereocenters.